The smallest absolute Gasteiger partial charge is 0.323 e. The lowest BCUT2D eigenvalue weighted by molar-refractivity contribution is -0.143. The zero-order chi connectivity index (χ0) is 10.4. The molecular weight excluding hydrogens is 170 g/mol. The molecule has 13 heavy (non-hydrogen) atoms. The third kappa shape index (κ3) is 4.24. The lowest BCUT2D eigenvalue weighted by atomic mass is 10.1. The zero-order valence-electron chi connectivity index (χ0n) is 8.70. The highest BCUT2D eigenvalue weighted by molar-refractivity contribution is 5.74. The Morgan fingerprint density at radius 3 is 2.38 bits per heavy atom. The molecule has 78 valence electrons. The SMILES string of the molecule is CCC(C)NC(C(=O)O)C(C)OC. The number of carbonyl (C=O) groups is 1. The summed E-state index contributed by atoms with van der Waals surface area (Å²) in [6, 6.07) is -0.432. The maximum atomic E-state index is 10.8. The maximum Gasteiger partial charge on any atom is 0.323 e. The van der Waals surface area contributed by atoms with Gasteiger partial charge < -0.3 is 9.84 Å². The van der Waals surface area contributed by atoms with Crippen molar-refractivity contribution in [3.05, 3.63) is 0 Å². The molecule has 0 rings (SSSR count). The predicted octanol–water partition coefficient (Wildman–Crippen LogP) is 0.863. The van der Waals surface area contributed by atoms with Gasteiger partial charge in [-0.2, -0.15) is 0 Å². The molecule has 3 atom stereocenters. The molecule has 0 saturated heterocycles. The molecule has 0 fully saturated rings. The first-order valence-electron chi connectivity index (χ1n) is 4.54. The summed E-state index contributed by atoms with van der Waals surface area (Å²) in [4.78, 5) is 10.8. The van der Waals surface area contributed by atoms with Crippen molar-refractivity contribution in [2.24, 2.45) is 0 Å². The molecule has 0 aliphatic rings. The van der Waals surface area contributed by atoms with Gasteiger partial charge in [-0.15, -0.1) is 0 Å². The number of carboxylic acids is 1. The molecule has 0 aromatic heterocycles. The van der Waals surface area contributed by atoms with E-state index in [1.807, 2.05) is 13.8 Å². The fourth-order valence-corrected chi connectivity index (χ4v) is 0.968. The Kier molecular flexibility index (Phi) is 5.66. The first-order valence-corrected chi connectivity index (χ1v) is 4.54. The van der Waals surface area contributed by atoms with Gasteiger partial charge in [0.2, 0.25) is 0 Å². The lowest BCUT2D eigenvalue weighted by Crippen LogP contribution is -2.49. The van der Waals surface area contributed by atoms with Crippen LogP contribution in [0.2, 0.25) is 0 Å². The predicted molar refractivity (Wildman–Crippen MR) is 50.8 cm³/mol. The van der Waals surface area contributed by atoms with Crippen LogP contribution in [-0.4, -0.2) is 36.4 Å². The molecule has 4 heteroatoms. The van der Waals surface area contributed by atoms with Crippen molar-refractivity contribution < 1.29 is 14.6 Å². The van der Waals surface area contributed by atoms with Crippen molar-refractivity contribution in [2.45, 2.75) is 45.4 Å². The summed E-state index contributed by atoms with van der Waals surface area (Å²) in [5.41, 5.74) is 0. The molecule has 4 nitrogen and oxygen atoms in total. The minimum Gasteiger partial charge on any atom is -0.480 e. The van der Waals surface area contributed by atoms with Crippen LogP contribution < -0.4 is 5.32 Å². The fraction of sp³-hybridized carbons (Fsp3) is 0.889. The Balaban J connectivity index is 4.17. The van der Waals surface area contributed by atoms with Crippen LogP contribution in [0, 0.1) is 0 Å². The van der Waals surface area contributed by atoms with Gasteiger partial charge in [0.1, 0.15) is 6.04 Å². The summed E-state index contributed by atoms with van der Waals surface area (Å²) in [6.45, 7) is 5.71. The maximum absolute atomic E-state index is 10.8. The van der Waals surface area contributed by atoms with Gasteiger partial charge >= 0.3 is 5.97 Å². The molecule has 0 heterocycles. The van der Waals surface area contributed by atoms with Crippen molar-refractivity contribution in [3.8, 4) is 0 Å². The van der Waals surface area contributed by atoms with Gasteiger partial charge in [-0.25, -0.2) is 0 Å². The number of carboxylic acid groups (broad SMARTS) is 1. The van der Waals surface area contributed by atoms with Crippen molar-refractivity contribution in [1.29, 1.82) is 0 Å². The van der Waals surface area contributed by atoms with E-state index in [0.717, 1.165) is 6.42 Å². The monoisotopic (exact) mass is 189 g/mol. The highest BCUT2D eigenvalue weighted by Crippen LogP contribution is 2.01. The van der Waals surface area contributed by atoms with Crippen LogP contribution in [0.25, 0.3) is 0 Å². The number of hydrogen-bond donors (Lipinski definition) is 2. The van der Waals surface area contributed by atoms with E-state index in [1.165, 1.54) is 7.11 Å². The number of rotatable bonds is 6. The normalized spacial score (nSPS) is 17.8. The standard InChI is InChI=1S/C9H19NO3/c1-5-6(2)10-8(9(11)12)7(3)13-4/h6-8,10H,5H2,1-4H3,(H,11,12). The summed E-state index contributed by atoms with van der Waals surface area (Å²) < 4.78 is 4.98. The van der Waals surface area contributed by atoms with Crippen molar-refractivity contribution in [3.63, 3.8) is 0 Å². The number of nitrogens with one attached hydrogen (secondary N) is 1. The quantitative estimate of drug-likeness (QED) is 0.650. The molecule has 0 bridgehead atoms. The third-order valence-corrected chi connectivity index (χ3v) is 2.18. The Bertz CT molecular complexity index is 161. The van der Waals surface area contributed by atoms with E-state index in [9.17, 15) is 4.79 Å². The minimum atomic E-state index is -0.866. The van der Waals surface area contributed by atoms with E-state index in [0.29, 0.717) is 0 Å². The number of aliphatic carboxylic acids is 1. The van der Waals surface area contributed by atoms with Gasteiger partial charge in [0.05, 0.1) is 6.10 Å². The molecule has 0 saturated carbocycles. The van der Waals surface area contributed by atoms with Crippen molar-refractivity contribution >= 4 is 5.97 Å². The van der Waals surface area contributed by atoms with E-state index in [4.69, 9.17) is 9.84 Å². The number of ether oxygens (including phenoxy) is 1. The van der Waals surface area contributed by atoms with Crippen LogP contribution in [0.5, 0.6) is 0 Å². The van der Waals surface area contributed by atoms with Gasteiger partial charge in [-0.3, -0.25) is 10.1 Å². The second-order valence-electron chi connectivity index (χ2n) is 3.23. The molecule has 0 aromatic rings. The number of hydrogen-bond acceptors (Lipinski definition) is 3. The molecule has 0 spiro atoms. The van der Waals surface area contributed by atoms with Gasteiger partial charge in [0.15, 0.2) is 0 Å². The molecule has 0 aliphatic carbocycles. The van der Waals surface area contributed by atoms with E-state index in [-0.39, 0.29) is 12.1 Å². The largest absolute Gasteiger partial charge is 0.480 e. The lowest BCUT2D eigenvalue weighted by Gasteiger charge is -2.23. The van der Waals surface area contributed by atoms with Crippen molar-refractivity contribution in [1.82, 2.24) is 5.32 Å². The zero-order valence-corrected chi connectivity index (χ0v) is 8.70. The fourth-order valence-electron chi connectivity index (χ4n) is 0.968. The van der Waals surface area contributed by atoms with Gasteiger partial charge in [0.25, 0.3) is 0 Å². The molecular formula is C9H19NO3. The first kappa shape index (κ1) is 12.4. The summed E-state index contributed by atoms with van der Waals surface area (Å²) >= 11 is 0. The molecule has 0 aromatic carbocycles. The topological polar surface area (TPSA) is 58.6 Å². The second-order valence-corrected chi connectivity index (χ2v) is 3.23. The summed E-state index contributed by atoms with van der Waals surface area (Å²) in [6.07, 6.45) is 0.590. The van der Waals surface area contributed by atoms with Crippen molar-refractivity contribution in [2.75, 3.05) is 7.11 Å². The Morgan fingerprint density at radius 2 is 2.08 bits per heavy atom. The second kappa shape index (κ2) is 5.94. The van der Waals surface area contributed by atoms with Crippen LogP contribution in [0.15, 0.2) is 0 Å². The minimum absolute atomic E-state index is 0.193. The number of methoxy groups -OCH3 is 1. The highest BCUT2D eigenvalue weighted by Gasteiger charge is 2.25. The van der Waals surface area contributed by atoms with Gasteiger partial charge in [-0.05, 0) is 20.3 Å². The first-order chi connectivity index (χ1) is 6.02. The Morgan fingerprint density at radius 1 is 1.54 bits per heavy atom. The molecule has 0 radical (unpaired) electrons. The van der Waals surface area contributed by atoms with Crippen LogP contribution in [0.1, 0.15) is 27.2 Å². The van der Waals surface area contributed by atoms with Crippen LogP contribution >= 0.6 is 0 Å². The van der Waals surface area contributed by atoms with E-state index in [2.05, 4.69) is 5.32 Å². The third-order valence-electron chi connectivity index (χ3n) is 2.18. The average Bonchev–Trinajstić information content (AvgIpc) is 2.11. The highest BCUT2D eigenvalue weighted by atomic mass is 16.5. The Labute approximate surface area is 79.3 Å². The van der Waals surface area contributed by atoms with E-state index >= 15 is 0 Å². The van der Waals surface area contributed by atoms with Crippen LogP contribution in [0.4, 0.5) is 0 Å². The average molecular weight is 189 g/mol. The van der Waals surface area contributed by atoms with Gasteiger partial charge in [0, 0.05) is 13.2 Å². The Hall–Kier alpha value is -0.610. The molecule has 2 N–H and O–H groups in total. The van der Waals surface area contributed by atoms with Gasteiger partial charge in [-0.1, -0.05) is 6.92 Å². The summed E-state index contributed by atoms with van der Waals surface area (Å²) in [5.74, 6) is -0.866. The molecule has 3 unspecified atom stereocenters. The van der Waals surface area contributed by atoms with E-state index < -0.39 is 12.0 Å². The summed E-state index contributed by atoms with van der Waals surface area (Å²) in [7, 11) is 1.51. The van der Waals surface area contributed by atoms with Crippen LogP contribution in [-0.2, 0) is 9.53 Å². The van der Waals surface area contributed by atoms with Crippen LogP contribution in [0.3, 0.4) is 0 Å². The summed E-state index contributed by atoms with van der Waals surface area (Å²) in [5, 5.41) is 11.9. The molecule has 0 amide bonds. The molecule has 0 aliphatic heterocycles. The van der Waals surface area contributed by atoms with E-state index in [1.54, 1.807) is 6.92 Å².